The molecule has 2 aliphatic rings. The van der Waals surface area contributed by atoms with E-state index < -0.39 is 5.54 Å². The van der Waals surface area contributed by atoms with Crippen molar-refractivity contribution in [3.63, 3.8) is 0 Å². The number of amides is 3. The molecule has 0 bridgehead atoms. The van der Waals surface area contributed by atoms with Gasteiger partial charge in [0.15, 0.2) is 0 Å². The number of rotatable bonds is 4. The molecule has 1 spiro atoms. The molecule has 0 saturated carbocycles. The summed E-state index contributed by atoms with van der Waals surface area (Å²) < 4.78 is 0. The number of hydrogen-bond acceptors (Lipinski definition) is 5. The maximum absolute atomic E-state index is 13.6. The number of aromatic nitrogens is 2. The van der Waals surface area contributed by atoms with Gasteiger partial charge in [0.05, 0.1) is 23.1 Å². The number of nitrogens with zero attached hydrogens (tertiary/aromatic N) is 3. The van der Waals surface area contributed by atoms with Crippen LogP contribution in [0, 0.1) is 0 Å². The standard InChI is InChI=1S/C21H26N6O3/c1-14(2)24-18(28)13-27-17-6-4-3-5-16(17)25-21(20(27)30)7-9-26(10-8-21)19(29)15-11-22-23-12-15/h3-6,11-12,14,25H,7-10,13H2,1-2H3,(H,22,23)(H,24,28). The number of likely N-dealkylation sites (tertiary alicyclic amines) is 1. The van der Waals surface area contributed by atoms with Crippen molar-refractivity contribution in [1.29, 1.82) is 0 Å². The Morgan fingerprint density at radius 1 is 1.23 bits per heavy atom. The number of benzene rings is 1. The van der Waals surface area contributed by atoms with Crippen LogP contribution in [0.15, 0.2) is 36.7 Å². The van der Waals surface area contributed by atoms with Crippen molar-refractivity contribution in [2.75, 3.05) is 29.9 Å². The van der Waals surface area contributed by atoms with Gasteiger partial charge in [-0.1, -0.05) is 12.1 Å². The average molecular weight is 410 g/mol. The predicted molar refractivity (Wildman–Crippen MR) is 112 cm³/mol. The van der Waals surface area contributed by atoms with E-state index in [0.29, 0.717) is 37.2 Å². The number of nitrogens with one attached hydrogen (secondary N) is 3. The highest BCUT2D eigenvalue weighted by Crippen LogP contribution is 2.39. The van der Waals surface area contributed by atoms with Crippen molar-refractivity contribution in [3.05, 3.63) is 42.2 Å². The molecule has 0 radical (unpaired) electrons. The van der Waals surface area contributed by atoms with E-state index in [1.807, 2.05) is 38.1 Å². The van der Waals surface area contributed by atoms with Crippen LogP contribution in [-0.2, 0) is 9.59 Å². The largest absolute Gasteiger partial charge is 0.369 e. The monoisotopic (exact) mass is 410 g/mol. The molecule has 2 aliphatic heterocycles. The Hall–Kier alpha value is -3.36. The van der Waals surface area contributed by atoms with Crippen LogP contribution < -0.4 is 15.5 Å². The number of para-hydroxylation sites is 2. The molecule has 1 aromatic carbocycles. The zero-order valence-corrected chi connectivity index (χ0v) is 17.1. The molecular formula is C21H26N6O3. The minimum atomic E-state index is -0.834. The molecule has 1 saturated heterocycles. The Morgan fingerprint density at radius 2 is 1.97 bits per heavy atom. The van der Waals surface area contributed by atoms with Crippen LogP contribution in [0.2, 0.25) is 0 Å². The Morgan fingerprint density at radius 3 is 2.63 bits per heavy atom. The molecule has 1 fully saturated rings. The topological polar surface area (TPSA) is 110 Å². The molecule has 3 amide bonds. The number of hydrogen-bond donors (Lipinski definition) is 3. The van der Waals surface area contributed by atoms with Gasteiger partial charge in [-0.3, -0.25) is 24.4 Å². The SMILES string of the molecule is CC(C)NC(=O)CN1C(=O)C2(CCN(C(=O)c3cn[nH]c3)CC2)Nc2ccccc21. The lowest BCUT2D eigenvalue weighted by atomic mass is 9.83. The van der Waals surface area contributed by atoms with Gasteiger partial charge in [-0.05, 0) is 38.8 Å². The second kappa shape index (κ2) is 7.81. The molecule has 9 nitrogen and oxygen atoms in total. The number of fused-ring (bicyclic) bond motifs is 1. The second-order valence-electron chi connectivity index (χ2n) is 8.12. The van der Waals surface area contributed by atoms with Crippen LogP contribution in [-0.4, -0.2) is 64.0 Å². The molecule has 158 valence electrons. The summed E-state index contributed by atoms with van der Waals surface area (Å²) in [5, 5.41) is 12.8. The molecule has 2 aromatic rings. The van der Waals surface area contributed by atoms with Crippen molar-refractivity contribution >= 4 is 29.1 Å². The van der Waals surface area contributed by atoms with Crippen LogP contribution in [0.1, 0.15) is 37.0 Å². The first-order valence-electron chi connectivity index (χ1n) is 10.2. The first-order chi connectivity index (χ1) is 14.4. The number of carbonyl (C=O) groups is 3. The van der Waals surface area contributed by atoms with E-state index in [4.69, 9.17) is 0 Å². The van der Waals surface area contributed by atoms with Gasteiger partial charge < -0.3 is 15.5 Å². The summed E-state index contributed by atoms with van der Waals surface area (Å²) in [5.41, 5.74) is 1.19. The summed E-state index contributed by atoms with van der Waals surface area (Å²) in [6.45, 7) is 4.63. The van der Waals surface area contributed by atoms with Crippen molar-refractivity contribution in [1.82, 2.24) is 20.4 Å². The fraction of sp³-hybridized carbons (Fsp3) is 0.429. The van der Waals surface area contributed by atoms with E-state index in [0.717, 1.165) is 5.69 Å². The number of carbonyl (C=O) groups excluding carboxylic acids is 3. The third-order valence-electron chi connectivity index (χ3n) is 5.62. The van der Waals surface area contributed by atoms with E-state index in [2.05, 4.69) is 20.8 Å². The minimum Gasteiger partial charge on any atom is -0.369 e. The number of aromatic amines is 1. The Labute approximate surface area is 174 Å². The molecule has 0 atom stereocenters. The lowest BCUT2D eigenvalue weighted by Crippen LogP contribution is -2.63. The lowest BCUT2D eigenvalue weighted by molar-refractivity contribution is -0.127. The van der Waals surface area contributed by atoms with E-state index in [1.54, 1.807) is 16.0 Å². The van der Waals surface area contributed by atoms with Crippen molar-refractivity contribution < 1.29 is 14.4 Å². The fourth-order valence-electron chi connectivity index (χ4n) is 4.14. The molecule has 1 aromatic heterocycles. The van der Waals surface area contributed by atoms with Gasteiger partial charge in [0.25, 0.3) is 11.8 Å². The molecule has 9 heteroatoms. The molecule has 0 aliphatic carbocycles. The smallest absolute Gasteiger partial charge is 0.257 e. The highest BCUT2D eigenvalue weighted by Gasteiger charge is 2.48. The zero-order valence-electron chi connectivity index (χ0n) is 17.1. The summed E-state index contributed by atoms with van der Waals surface area (Å²) in [7, 11) is 0. The van der Waals surface area contributed by atoms with Gasteiger partial charge in [0.2, 0.25) is 5.91 Å². The summed E-state index contributed by atoms with van der Waals surface area (Å²) in [4.78, 5) is 41.9. The van der Waals surface area contributed by atoms with E-state index >= 15 is 0 Å². The number of anilines is 2. The van der Waals surface area contributed by atoms with Gasteiger partial charge >= 0.3 is 0 Å². The average Bonchev–Trinajstić information content (AvgIpc) is 3.26. The highest BCUT2D eigenvalue weighted by molar-refractivity contribution is 6.10. The fourth-order valence-corrected chi connectivity index (χ4v) is 4.14. The molecular weight excluding hydrogens is 384 g/mol. The molecule has 3 N–H and O–H groups in total. The van der Waals surface area contributed by atoms with Crippen molar-refractivity contribution in [2.45, 2.75) is 38.3 Å². The number of H-pyrrole nitrogens is 1. The lowest BCUT2D eigenvalue weighted by Gasteiger charge is -2.47. The Kier molecular flexibility index (Phi) is 5.19. The number of piperidine rings is 1. The maximum Gasteiger partial charge on any atom is 0.257 e. The van der Waals surface area contributed by atoms with Gasteiger partial charge in [-0.25, -0.2) is 0 Å². The first kappa shape index (κ1) is 19.9. The molecule has 3 heterocycles. The van der Waals surface area contributed by atoms with Crippen LogP contribution in [0.4, 0.5) is 11.4 Å². The van der Waals surface area contributed by atoms with Crippen LogP contribution >= 0.6 is 0 Å². The first-order valence-corrected chi connectivity index (χ1v) is 10.2. The van der Waals surface area contributed by atoms with Gasteiger partial charge in [0.1, 0.15) is 12.1 Å². The predicted octanol–water partition coefficient (Wildman–Crippen LogP) is 1.37. The van der Waals surface area contributed by atoms with Gasteiger partial charge in [-0.15, -0.1) is 0 Å². The van der Waals surface area contributed by atoms with Crippen molar-refractivity contribution in [2.24, 2.45) is 0 Å². The van der Waals surface area contributed by atoms with Crippen LogP contribution in [0.5, 0.6) is 0 Å². The third-order valence-corrected chi connectivity index (χ3v) is 5.62. The summed E-state index contributed by atoms with van der Waals surface area (Å²) in [5.74, 6) is -0.427. The summed E-state index contributed by atoms with van der Waals surface area (Å²) in [6.07, 6.45) is 4.00. The normalized spacial score (nSPS) is 17.6. The molecule has 0 unspecified atom stereocenters. The van der Waals surface area contributed by atoms with Crippen LogP contribution in [0.3, 0.4) is 0 Å². The van der Waals surface area contributed by atoms with E-state index in [-0.39, 0.29) is 30.3 Å². The maximum atomic E-state index is 13.6. The van der Waals surface area contributed by atoms with Gasteiger partial charge in [-0.2, -0.15) is 5.10 Å². The van der Waals surface area contributed by atoms with Crippen molar-refractivity contribution in [3.8, 4) is 0 Å². The quantitative estimate of drug-likeness (QED) is 0.705. The Balaban J connectivity index is 1.55. The second-order valence-corrected chi connectivity index (χ2v) is 8.12. The van der Waals surface area contributed by atoms with E-state index in [9.17, 15) is 14.4 Å². The highest BCUT2D eigenvalue weighted by atomic mass is 16.2. The summed E-state index contributed by atoms with van der Waals surface area (Å²) >= 11 is 0. The summed E-state index contributed by atoms with van der Waals surface area (Å²) in [6, 6.07) is 7.51. The Bertz CT molecular complexity index is 947. The minimum absolute atomic E-state index is 0.00288. The van der Waals surface area contributed by atoms with E-state index in [1.165, 1.54) is 6.20 Å². The van der Waals surface area contributed by atoms with Gasteiger partial charge in [0, 0.05) is 25.3 Å². The third kappa shape index (κ3) is 3.62. The molecule has 4 rings (SSSR count). The van der Waals surface area contributed by atoms with Crippen LogP contribution in [0.25, 0.3) is 0 Å². The zero-order chi connectivity index (χ0) is 21.3. The molecule has 30 heavy (non-hydrogen) atoms.